The molecule has 5 unspecified atom stereocenters. The number of amidine groups is 1. The number of carbonyl (C=O) groups excluding carboxylic acids is 1. The van der Waals surface area contributed by atoms with E-state index >= 15 is 0 Å². The largest absolute Gasteiger partial charge is 0.349 e. The van der Waals surface area contributed by atoms with Gasteiger partial charge >= 0.3 is 0 Å². The summed E-state index contributed by atoms with van der Waals surface area (Å²) in [5.74, 6) is -0.0331. The minimum atomic E-state index is -1.84. The Kier molecular flexibility index (Phi) is 10.7. The molecule has 1 fully saturated rings. The molecule has 1 aliphatic heterocycles. The van der Waals surface area contributed by atoms with Crippen LogP contribution in [0.4, 0.5) is 13.2 Å². The molecule has 11 heteroatoms. The molecule has 0 spiro atoms. The monoisotopic (exact) mass is 583 g/mol. The summed E-state index contributed by atoms with van der Waals surface area (Å²) in [5.41, 5.74) is 0.253. The van der Waals surface area contributed by atoms with Gasteiger partial charge in [-0.15, -0.1) is 0 Å². The molecule has 2 aromatic carbocycles. The molecule has 1 heterocycles. The summed E-state index contributed by atoms with van der Waals surface area (Å²) in [6.07, 6.45) is -1.09. The number of nitrogens with zero attached hydrogens (tertiary/aromatic N) is 2. The molecule has 1 aliphatic rings. The highest BCUT2D eigenvalue weighted by molar-refractivity contribution is 7.38. The Bertz CT molecular complexity index is 1140. The summed E-state index contributed by atoms with van der Waals surface area (Å²) in [6.45, 7) is 7.55. The van der Waals surface area contributed by atoms with Crippen molar-refractivity contribution in [1.29, 1.82) is 0 Å². The fraction of sp³-hybridized carbons (Fsp3) is 0.500. The lowest BCUT2D eigenvalue weighted by molar-refractivity contribution is -0.227. The van der Waals surface area contributed by atoms with Crippen LogP contribution in [0, 0.1) is 5.82 Å². The Balaban J connectivity index is 1.95. The van der Waals surface area contributed by atoms with Crippen molar-refractivity contribution in [2.45, 2.75) is 63.4 Å². The lowest BCUT2D eigenvalue weighted by Gasteiger charge is -2.42. The van der Waals surface area contributed by atoms with Crippen molar-refractivity contribution in [3.8, 4) is 0 Å². The van der Waals surface area contributed by atoms with E-state index in [9.17, 15) is 18.0 Å². The maximum absolute atomic E-state index is 14.9. The highest BCUT2D eigenvalue weighted by Crippen LogP contribution is 2.43. The van der Waals surface area contributed by atoms with Gasteiger partial charge in [0.2, 0.25) is 5.91 Å². The summed E-state index contributed by atoms with van der Waals surface area (Å²) in [5, 5.41) is 0.976. The predicted octanol–water partition coefficient (Wildman–Crippen LogP) is 5.89. The second-order valence-corrected chi connectivity index (χ2v) is 12.5. The first-order valence-electron chi connectivity index (χ1n) is 12.9. The number of ether oxygens (including phenoxy) is 2. The third kappa shape index (κ3) is 8.55. The lowest BCUT2D eigenvalue weighted by Crippen LogP contribution is -2.50. The maximum atomic E-state index is 14.9. The number of hydrogen-bond acceptors (Lipinski definition) is 5. The van der Waals surface area contributed by atoms with Crippen LogP contribution in [-0.4, -0.2) is 49.7 Å². The molecule has 0 aromatic heterocycles. The third-order valence-corrected chi connectivity index (χ3v) is 7.31. The minimum Gasteiger partial charge on any atom is -0.349 e. The Hall–Kier alpha value is -1.89. The third-order valence-electron chi connectivity index (χ3n) is 6.64. The molecule has 0 aliphatic carbocycles. The number of benzene rings is 2. The topological polar surface area (TPSA) is 63.2 Å². The molecule has 1 N–H and O–H groups in total. The van der Waals surface area contributed by atoms with Crippen LogP contribution in [0.1, 0.15) is 68.5 Å². The van der Waals surface area contributed by atoms with Crippen LogP contribution in [0.2, 0.25) is 0 Å². The van der Waals surface area contributed by atoms with E-state index < -0.39 is 29.3 Å². The first-order chi connectivity index (χ1) is 18.2. The van der Waals surface area contributed by atoms with Crippen molar-refractivity contribution >= 4 is 30.2 Å². The van der Waals surface area contributed by atoms with Crippen LogP contribution in [-0.2, 0) is 25.1 Å². The number of alkyl halides is 2. The maximum Gasteiger partial charge on any atom is 0.225 e. The van der Waals surface area contributed by atoms with Crippen LogP contribution in [0.3, 0.4) is 0 Å². The molecule has 1 amide bonds. The van der Waals surface area contributed by atoms with Crippen molar-refractivity contribution in [1.82, 2.24) is 10.2 Å². The Labute approximate surface area is 233 Å². The van der Waals surface area contributed by atoms with Gasteiger partial charge in [0, 0.05) is 20.0 Å². The number of hydrogen-bond donors (Lipinski definition) is 1. The molecule has 6 nitrogen and oxygen atoms in total. The van der Waals surface area contributed by atoms with Gasteiger partial charge < -0.3 is 14.8 Å². The van der Waals surface area contributed by atoms with Crippen LogP contribution >= 0.6 is 18.5 Å². The molecule has 3 rings (SSSR count). The molecular weight excluding hydrogens is 545 g/mol. The zero-order valence-electron chi connectivity index (χ0n) is 23.0. The average molecular weight is 584 g/mol. The fourth-order valence-corrected chi connectivity index (χ4v) is 4.68. The minimum absolute atomic E-state index is 0.151. The second-order valence-electron chi connectivity index (χ2n) is 10.1. The van der Waals surface area contributed by atoms with Gasteiger partial charge in [0.15, 0.2) is 11.4 Å². The highest BCUT2D eigenvalue weighted by atomic mass is 31.1. The first kappa shape index (κ1) is 31.6. The zero-order chi connectivity index (χ0) is 29.0. The van der Waals surface area contributed by atoms with Gasteiger partial charge in [0.25, 0.3) is 0 Å². The van der Waals surface area contributed by atoms with E-state index in [0.717, 1.165) is 5.56 Å². The van der Waals surface area contributed by atoms with Crippen molar-refractivity contribution < 1.29 is 27.4 Å². The smallest absolute Gasteiger partial charge is 0.225 e. The molecule has 39 heavy (non-hydrogen) atoms. The van der Waals surface area contributed by atoms with Gasteiger partial charge in [-0.3, -0.25) is 14.7 Å². The average Bonchev–Trinajstić information content (AvgIpc) is 2.87. The number of morpholine rings is 1. The predicted molar refractivity (Wildman–Crippen MR) is 155 cm³/mol. The molecule has 0 saturated carbocycles. The summed E-state index contributed by atoms with van der Waals surface area (Å²) in [7, 11) is 5.83. The summed E-state index contributed by atoms with van der Waals surface area (Å²) >= 11 is 0. The quantitative estimate of drug-likeness (QED) is 0.227. The summed E-state index contributed by atoms with van der Waals surface area (Å²) < 4.78 is 56.1. The van der Waals surface area contributed by atoms with E-state index in [1.54, 1.807) is 45.2 Å². The molecular formula is C28H38F3N3O3P2. The van der Waals surface area contributed by atoms with E-state index in [-0.39, 0.29) is 17.3 Å². The van der Waals surface area contributed by atoms with Gasteiger partial charge in [-0.05, 0) is 67.3 Å². The second kappa shape index (κ2) is 13.2. The summed E-state index contributed by atoms with van der Waals surface area (Å²) in [6, 6.07) is 10.4. The van der Waals surface area contributed by atoms with Crippen LogP contribution in [0.25, 0.3) is 0 Å². The van der Waals surface area contributed by atoms with Gasteiger partial charge in [-0.25, -0.2) is 13.2 Å². The van der Waals surface area contributed by atoms with Gasteiger partial charge in [0.1, 0.15) is 17.3 Å². The first-order valence-corrected chi connectivity index (χ1v) is 14.0. The number of aliphatic imine (C=N–C) groups is 1. The number of nitrogens with one attached hydrogen (secondary N) is 1. The molecule has 0 radical (unpaired) electrons. The Morgan fingerprint density at radius 2 is 1.85 bits per heavy atom. The molecule has 0 bridgehead atoms. The van der Waals surface area contributed by atoms with E-state index in [0.29, 0.717) is 43.1 Å². The lowest BCUT2D eigenvalue weighted by atomic mass is 9.94. The SMILES string of the molecule is CCC(=O)NC(CN1CCOC(OC(C)c2cc(C(C)(C)F)cc(C(F)(P)P)c2)C1c1ccc(F)cc1)=NC. The van der Waals surface area contributed by atoms with Crippen molar-refractivity contribution in [2.75, 3.05) is 26.7 Å². The van der Waals surface area contributed by atoms with Gasteiger partial charge in [-0.1, -0.05) is 43.6 Å². The molecule has 2 aromatic rings. The molecule has 214 valence electrons. The van der Waals surface area contributed by atoms with Crippen LogP contribution < -0.4 is 5.32 Å². The number of carbonyl (C=O) groups is 1. The van der Waals surface area contributed by atoms with Gasteiger partial charge in [-0.2, -0.15) is 0 Å². The normalized spacial score (nSPS) is 20.1. The van der Waals surface area contributed by atoms with E-state index in [1.807, 2.05) is 0 Å². The number of halogens is 3. The van der Waals surface area contributed by atoms with Crippen LogP contribution in [0.5, 0.6) is 0 Å². The Morgan fingerprint density at radius 3 is 2.41 bits per heavy atom. The van der Waals surface area contributed by atoms with Crippen LogP contribution in [0.15, 0.2) is 47.5 Å². The fourth-order valence-electron chi connectivity index (χ4n) is 4.35. The number of amides is 1. The highest BCUT2D eigenvalue weighted by Gasteiger charge is 2.37. The van der Waals surface area contributed by atoms with Crippen molar-refractivity contribution in [2.24, 2.45) is 4.99 Å². The van der Waals surface area contributed by atoms with Crippen molar-refractivity contribution in [3.63, 3.8) is 0 Å². The van der Waals surface area contributed by atoms with Crippen molar-refractivity contribution in [3.05, 3.63) is 70.5 Å². The Morgan fingerprint density at radius 1 is 1.21 bits per heavy atom. The zero-order valence-corrected chi connectivity index (χ0v) is 25.3. The van der Waals surface area contributed by atoms with E-state index in [2.05, 4.69) is 33.7 Å². The van der Waals surface area contributed by atoms with E-state index in [1.165, 1.54) is 32.0 Å². The summed E-state index contributed by atoms with van der Waals surface area (Å²) in [4.78, 5) is 18.3. The molecule has 1 saturated heterocycles. The standard InChI is InChI=1S/C28H38F3N3O3P2/c1-6-24(35)33-23(32-5)16-34-11-12-36-26(25(34)18-7-9-22(29)10-8-18)37-17(2)19-13-20(27(3,4)30)15-21(14-19)28(31,38)39/h7-10,13-15,17,25-26H,6,11-12,16,38-39H2,1-5H3,(H,32,33,35). The molecule has 5 atom stereocenters. The van der Waals surface area contributed by atoms with E-state index in [4.69, 9.17) is 9.47 Å². The number of rotatable bonds is 9. The van der Waals surface area contributed by atoms with Gasteiger partial charge in [0.05, 0.1) is 25.3 Å².